The molecule has 0 aromatic carbocycles. The fourth-order valence-electron chi connectivity index (χ4n) is 2.24. The van der Waals surface area contributed by atoms with Gasteiger partial charge in [-0.25, -0.2) is 4.98 Å². The quantitative estimate of drug-likeness (QED) is 0.521. The Morgan fingerprint density at radius 2 is 2.24 bits per heavy atom. The summed E-state index contributed by atoms with van der Waals surface area (Å²) in [5, 5.41) is 8.65. The van der Waals surface area contributed by atoms with E-state index in [4.69, 9.17) is 10.8 Å². The number of nitrogens with two attached hydrogens (primary N) is 1. The number of carboxylic acid groups (broad SMARTS) is 1. The Bertz CT molecular complexity index is 565. The molecule has 0 amide bonds. The minimum absolute atomic E-state index is 0.215. The molecule has 2 heterocycles. The number of aliphatic carboxylic acids is 1. The highest BCUT2D eigenvalue weighted by atomic mass is 32.2. The summed E-state index contributed by atoms with van der Waals surface area (Å²) in [6.07, 6.45) is 4.75. The molecule has 0 bridgehead atoms. The lowest BCUT2D eigenvalue weighted by Crippen LogP contribution is -2.49. The highest BCUT2D eigenvalue weighted by molar-refractivity contribution is 7.87. The number of nitrogens with one attached hydrogen (secondary N) is 2. The number of imidazole rings is 1. The second-order valence-corrected chi connectivity index (χ2v) is 6.70. The summed E-state index contributed by atoms with van der Waals surface area (Å²) in [7, 11) is -3.69. The third-order valence-corrected chi connectivity index (χ3v) is 5.08. The van der Waals surface area contributed by atoms with E-state index in [1.165, 1.54) is 4.31 Å². The highest BCUT2D eigenvalue weighted by Gasteiger charge is 2.30. The zero-order chi connectivity index (χ0) is 15.5. The molecular weight excluding hydrogens is 298 g/mol. The van der Waals surface area contributed by atoms with E-state index in [1.54, 1.807) is 12.4 Å². The fraction of sp³-hybridized carbons (Fsp3) is 0.636. The van der Waals surface area contributed by atoms with E-state index >= 15 is 0 Å². The van der Waals surface area contributed by atoms with Crippen molar-refractivity contribution in [3.05, 3.63) is 18.2 Å². The zero-order valence-electron chi connectivity index (χ0n) is 11.4. The molecule has 1 aliphatic rings. The average molecular weight is 317 g/mol. The second kappa shape index (κ2) is 6.52. The Morgan fingerprint density at radius 1 is 1.57 bits per heavy atom. The van der Waals surface area contributed by atoms with Crippen molar-refractivity contribution in [2.75, 3.05) is 19.6 Å². The monoisotopic (exact) mass is 317 g/mol. The normalized spacial score (nSPS) is 19.5. The van der Waals surface area contributed by atoms with E-state index in [0.717, 1.165) is 5.82 Å². The number of nitrogens with zero attached hydrogens (tertiary/aromatic N) is 2. The zero-order valence-corrected chi connectivity index (χ0v) is 12.2. The molecule has 1 aliphatic heterocycles. The molecule has 1 aromatic heterocycles. The van der Waals surface area contributed by atoms with Gasteiger partial charge in [0.2, 0.25) is 0 Å². The molecule has 1 aromatic rings. The number of rotatable bonds is 6. The Morgan fingerprint density at radius 3 is 2.76 bits per heavy atom. The second-order valence-electron chi connectivity index (χ2n) is 4.95. The van der Waals surface area contributed by atoms with Crippen LogP contribution in [0, 0.1) is 0 Å². The van der Waals surface area contributed by atoms with Crippen molar-refractivity contribution >= 4 is 16.2 Å². The van der Waals surface area contributed by atoms with Crippen molar-refractivity contribution in [1.82, 2.24) is 19.0 Å². The number of carbonyl (C=O) groups is 1. The van der Waals surface area contributed by atoms with E-state index < -0.39 is 22.2 Å². The molecule has 9 nitrogen and oxygen atoms in total. The maximum absolute atomic E-state index is 12.0. The summed E-state index contributed by atoms with van der Waals surface area (Å²) < 4.78 is 27.6. The van der Waals surface area contributed by atoms with Crippen molar-refractivity contribution in [2.45, 2.75) is 24.8 Å². The van der Waals surface area contributed by atoms with Crippen LogP contribution in [0.15, 0.2) is 12.4 Å². The van der Waals surface area contributed by atoms with Crippen LogP contribution in [-0.2, 0) is 15.0 Å². The van der Waals surface area contributed by atoms with E-state index in [9.17, 15) is 13.2 Å². The van der Waals surface area contributed by atoms with Crippen molar-refractivity contribution < 1.29 is 18.3 Å². The molecule has 118 valence electrons. The minimum Gasteiger partial charge on any atom is -0.480 e. The van der Waals surface area contributed by atoms with Crippen LogP contribution in [0.4, 0.5) is 0 Å². The van der Waals surface area contributed by atoms with Gasteiger partial charge in [-0.05, 0) is 12.8 Å². The van der Waals surface area contributed by atoms with E-state index in [2.05, 4.69) is 14.7 Å². The lowest BCUT2D eigenvalue weighted by molar-refractivity contribution is -0.138. The Labute approximate surface area is 122 Å². The standard InChI is InChI=1S/C11H19N5O4S/c12-9(11(17)18)7-15-21(19,20)16-5-1-8(2-6-16)10-13-3-4-14-10/h3-4,8-9,15H,1-2,5-7,12H2,(H,13,14)(H,17,18). The molecule has 0 spiro atoms. The van der Waals surface area contributed by atoms with Gasteiger partial charge in [0.25, 0.3) is 10.2 Å². The summed E-state index contributed by atoms with van der Waals surface area (Å²) >= 11 is 0. The minimum atomic E-state index is -3.69. The molecule has 0 radical (unpaired) electrons. The number of carboxylic acids is 1. The molecular formula is C11H19N5O4S. The lowest BCUT2D eigenvalue weighted by atomic mass is 9.98. The van der Waals surface area contributed by atoms with Gasteiger partial charge in [-0.2, -0.15) is 17.4 Å². The molecule has 0 saturated carbocycles. The molecule has 0 aliphatic carbocycles. The first-order valence-electron chi connectivity index (χ1n) is 6.62. The maximum Gasteiger partial charge on any atom is 0.321 e. The summed E-state index contributed by atoms with van der Waals surface area (Å²) in [6, 6.07) is -1.25. The van der Waals surface area contributed by atoms with Crippen LogP contribution >= 0.6 is 0 Å². The molecule has 1 saturated heterocycles. The number of aromatic amines is 1. The average Bonchev–Trinajstić information content (AvgIpc) is 2.99. The SMILES string of the molecule is NC(CNS(=O)(=O)N1CCC(c2ncc[nH]2)CC1)C(=O)O. The molecule has 1 unspecified atom stereocenters. The van der Waals surface area contributed by atoms with Gasteiger partial charge >= 0.3 is 5.97 Å². The number of hydrogen-bond acceptors (Lipinski definition) is 5. The van der Waals surface area contributed by atoms with Crippen LogP contribution in [0.25, 0.3) is 0 Å². The lowest BCUT2D eigenvalue weighted by Gasteiger charge is -2.30. The number of hydrogen-bond donors (Lipinski definition) is 4. The van der Waals surface area contributed by atoms with Crippen molar-refractivity contribution in [3.8, 4) is 0 Å². The maximum atomic E-state index is 12.0. The molecule has 5 N–H and O–H groups in total. The molecule has 1 fully saturated rings. The summed E-state index contributed by atoms with van der Waals surface area (Å²) in [4.78, 5) is 17.8. The van der Waals surface area contributed by atoms with Gasteiger partial charge in [0.15, 0.2) is 0 Å². The molecule has 2 rings (SSSR count). The first-order chi connectivity index (χ1) is 9.90. The first kappa shape index (κ1) is 15.9. The Hall–Kier alpha value is -1.49. The fourth-order valence-corrected chi connectivity index (χ4v) is 3.51. The van der Waals surface area contributed by atoms with Gasteiger partial charge in [-0.3, -0.25) is 4.79 Å². The van der Waals surface area contributed by atoms with Crippen molar-refractivity contribution in [2.24, 2.45) is 5.73 Å². The predicted molar refractivity (Wildman–Crippen MR) is 74.7 cm³/mol. The van der Waals surface area contributed by atoms with Crippen molar-refractivity contribution in [3.63, 3.8) is 0 Å². The van der Waals surface area contributed by atoms with Gasteiger partial charge in [-0.1, -0.05) is 0 Å². The smallest absolute Gasteiger partial charge is 0.321 e. The first-order valence-corrected chi connectivity index (χ1v) is 8.06. The van der Waals surface area contributed by atoms with Gasteiger partial charge < -0.3 is 15.8 Å². The van der Waals surface area contributed by atoms with Gasteiger partial charge in [0.1, 0.15) is 11.9 Å². The molecule has 10 heteroatoms. The van der Waals surface area contributed by atoms with Crippen LogP contribution < -0.4 is 10.5 Å². The van der Waals surface area contributed by atoms with E-state index in [1.807, 2.05) is 0 Å². The Balaban J connectivity index is 1.87. The van der Waals surface area contributed by atoms with Gasteiger partial charge in [-0.15, -0.1) is 0 Å². The van der Waals surface area contributed by atoms with Crippen LogP contribution in [0.2, 0.25) is 0 Å². The largest absolute Gasteiger partial charge is 0.480 e. The third kappa shape index (κ3) is 4.00. The number of aromatic nitrogens is 2. The molecule has 21 heavy (non-hydrogen) atoms. The predicted octanol–water partition coefficient (Wildman–Crippen LogP) is -1.16. The third-order valence-electron chi connectivity index (χ3n) is 3.50. The number of H-pyrrole nitrogens is 1. The van der Waals surface area contributed by atoms with Gasteiger partial charge in [0, 0.05) is 37.9 Å². The van der Waals surface area contributed by atoms with Gasteiger partial charge in [0.05, 0.1) is 0 Å². The van der Waals surface area contributed by atoms with E-state index in [-0.39, 0.29) is 12.5 Å². The van der Waals surface area contributed by atoms with Crippen LogP contribution in [0.3, 0.4) is 0 Å². The highest BCUT2D eigenvalue weighted by Crippen LogP contribution is 2.26. The summed E-state index contributed by atoms with van der Waals surface area (Å²) in [5.74, 6) is -0.158. The van der Waals surface area contributed by atoms with Crippen LogP contribution in [0.5, 0.6) is 0 Å². The summed E-state index contributed by atoms with van der Waals surface area (Å²) in [6.45, 7) is 0.405. The molecule has 1 atom stereocenters. The topological polar surface area (TPSA) is 141 Å². The van der Waals surface area contributed by atoms with Crippen LogP contribution in [-0.4, -0.2) is 59.4 Å². The van der Waals surface area contributed by atoms with Crippen LogP contribution in [0.1, 0.15) is 24.6 Å². The summed E-state index contributed by atoms with van der Waals surface area (Å²) in [5.41, 5.74) is 5.28. The Kier molecular flexibility index (Phi) is 4.93. The van der Waals surface area contributed by atoms with Crippen molar-refractivity contribution in [1.29, 1.82) is 0 Å². The number of piperidine rings is 1. The van der Waals surface area contributed by atoms with E-state index in [0.29, 0.717) is 25.9 Å².